The molecule has 2 nitrogen and oxygen atoms in total. The molecule has 0 spiro atoms. The minimum Gasteiger partial charge on any atom is -0.349 e. The molecule has 140 valence electrons. The van der Waals surface area contributed by atoms with Crippen molar-refractivity contribution in [3.63, 3.8) is 0 Å². The van der Waals surface area contributed by atoms with Crippen LogP contribution in [-0.4, -0.2) is 9.97 Å². The van der Waals surface area contributed by atoms with E-state index in [-0.39, 0.29) is 0 Å². The lowest BCUT2D eigenvalue weighted by Crippen LogP contribution is -2.10. The number of fused-ring (bicyclic) bond motifs is 3. The number of para-hydroxylation sites is 1. The van der Waals surface area contributed by atoms with Crippen molar-refractivity contribution in [2.45, 2.75) is 6.42 Å². The molecule has 0 aliphatic carbocycles. The summed E-state index contributed by atoms with van der Waals surface area (Å²) in [6.45, 7) is 0. The topological polar surface area (TPSA) is 24.9 Å². The minimum atomic E-state index is 0.638. The highest BCUT2D eigenvalue weighted by molar-refractivity contribution is 7.80. The van der Waals surface area contributed by atoms with Crippen LogP contribution in [0.3, 0.4) is 0 Å². The molecule has 5 rings (SSSR count). The first kappa shape index (κ1) is 18.0. The molecule has 0 radical (unpaired) electrons. The van der Waals surface area contributed by atoms with Crippen LogP contribution in [0.5, 0.6) is 0 Å². The van der Waals surface area contributed by atoms with E-state index in [4.69, 9.17) is 28.8 Å². The molecule has 0 bridgehead atoms. The van der Waals surface area contributed by atoms with Gasteiger partial charge < -0.3 is 5.32 Å². The molecule has 2 heterocycles. The Kier molecular flexibility index (Phi) is 4.62. The number of aromatic nitrogens is 1. The maximum atomic E-state index is 6.52. The predicted octanol–water partition coefficient (Wildman–Crippen LogP) is 7.03. The van der Waals surface area contributed by atoms with Crippen LogP contribution in [0.25, 0.3) is 33.6 Å². The van der Waals surface area contributed by atoms with E-state index in [1.54, 1.807) is 0 Å². The van der Waals surface area contributed by atoms with E-state index in [9.17, 15) is 0 Å². The quantitative estimate of drug-likeness (QED) is 0.357. The van der Waals surface area contributed by atoms with E-state index in [0.29, 0.717) is 11.4 Å². The van der Waals surface area contributed by atoms with E-state index in [0.717, 1.165) is 49.9 Å². The second-order valence-electron chi connectivity index (χ2n) is 7.00. The SMILES string of the molecule is S=C1Cc2c(-c3ccccc3)cc(-c3ccccc3Cl)nc2-c2ccccc2N1. The molecular formula is C25H17ClN2S. The summed E-state index contributed by atoms with van der Waals surface area (Å²) in [7, 11) is 0. The molecule has 4 aromatic rings. The third-order valence-electron chi connectivity index (χ3n) is 5.15. The Morgan fingerprint density at radius 3 is 2.28 bits per heavy atom. The number of halogens is 1. The molecule has 0 fully saturated rings. The highest BCUT2D eigenvalue weighted by Crippen LogP contribution is 2.40. The number of anilines is 1. The largest absolute Gasteiger partial charge is 0.349 e. The lowest BCUT2D eigenvalue weighted by atomic mass is 9.92. The Labute approximate surface area is 180 Å². The monoisotopic (exact) mass is 412 g/mol. The van der Waals surface area contributed by atoms with Crippen LogP contribution in [0.4, 0.5) is 5.69 Å². The van der Waals surface area contributed by atoms with Gasteiger partial charge in [-0.3, -0.25) is 0 Å². The summed E-state index contributed by atoms with van der Waals surface area (Å²) in [5, 5.41) is 4.07. The lowest BCUT2D eigenvalue weighted by molar-refractivity contribution is 1.25. The number of benzene rings is 3. The summed E-state index contributed by atoms with van der Waals surface area (Å²) in [6, 6.07) is 28.5. The highest BCUT2D eigenvalue weighted by Gasteiger charge is 2.23. The van der Waals surface area contributed by atoms with Gasteiger partial charge in [-0.2, -0.15) is 0 Å². The summed E-state index contributed by atoms with van der Waals surface area (Å²) in [6.07, 6.45) is 0.638. The molecule has 0 amide bonds. The van der Waals surface area contributed by atoms with Crippen molar-refractivity contribution in [2.75, 3.05) is 5.32 Å². The summed E-state index contributed by atoms with van der Waals surface area (Å²) >= 11 is 12.2. The van der Waals surface area contributed by atoms with E-state index in [2.05, 4.69) is 41.7 Å². The summed E-state index contributed by atoms with van der Waals surface area (Å²) in [4.78, 5) is 5.87. The van der Waals surface area contributed by atoms with Crippen molar-refractivity contribution in [3.8, 4) is 33.6 Å². The second kappa shape index (κ2) is 7.43. The first-order valence-electron chi connectivity index (χ1n) is 9.44. The van der Waals surface area contributed by atoms with Gasteiger partial charge in [-0.1, -0.05) is 90.5 Å². The second-order valence-corrected chi connectivity index (χ2v) is 7.90. The minimum absolute atomic E-state index is 0.638. The summed E-state index contributed by atoms with van der Waals surface area (Å²) in [5.74, 6) is 0. The third-order valence-corrected chi connectivity index (χ3v) is 5.73. The van der Waals surface area contributed by atoms with Gasteiger partial charge in [0, 0.05) is 28.3 Å². The van der Waals surface area contributed by atoms with Crippen molar-refractivity contribution >= 4 is 34.5 Å². The molecular weight excluding hydrogens is 396 g/mol. The molecule has 3 aromatic carbocycles. The molecule has 4 heteroatoms. The van der Waals surface area contributed by atoms with Crippen molar-refractivity contribution in [2.24, 2.45) is 0 Å². The summed E-state index contributed by atoms with van der Waals surface area (Å²) < 4.78 is 0. The van der Waals surface area contributed by atoms with E-state index < -0.39 is 0 Å². The van der Waals surface area contributed by atoms with Gasteiger partial charge >= 0.3 is 0 Å². The number of hydrogen-bond acceptors (Lipinski definition) is 2. The fraction of sp³-hybridized carbons (Fsp3) is 0.0400. The van der Waals surface area contributed by atoms with Gasteiger partial charge in [0.1, 0.15) is 0 Å². The Morgan fingerprint density at radius 1 is 0.793 bits per heavy atom. The molecule has 1 N–H and O–H groups in total. The highest BCUT2D eigenvalue weighted by atomic mass is 35.5. The Morgan fingerprint density at radius 2 is 1.48 bits per heavy atom. The number of nitrogens with one attached hydrogen (secondary N) is 1. The fourth-order valence-corrected chi connectivity index (χ4v) is 4.30. The maximum Gasteiger partial charge on any atom is 0.0842 e. The number of hydrogen-bond donors (Lipinski definition) is 1. The van der Waals surface area contributed by atoms with Gasteiger partial charge in [-0.25, -0.2) is 4.98 Å². The van der Waals surface area contributed by atoms with Crippen LogP contribution in [0.2, 0.25) is 5.02 Å². The maximum absolute atomic E-state index is 6.52. The van der Waals surface area contributed by atoms with Gasteiger partial charge in [-0.15, -0.1) is 0 Å². The van der Waals surface area contributed by atoms with Crippen molar-refractivity contribution < 1.29 is 0 Å². The third kappa shape index (κ3) is 3.33. The van der Waals surface area contributed by atoms with E-state index in [1.807, 2.05) is 48.5 Å². The van der Waals surface area contributed by atoms with Crippen LogP contribution >= 0.6 is 23.8 Å². The Bertz CT molecular complexity index is 1230. The van der Waals surface area contributed by atoms with Gasteiger partial charge in [0.15, 0.2) is 0 Å². The zero-order valence-electron chi connectivity index (χ0n) is 15.5. The Balaban J connectivity index is 1.86. The number of pyridine rings is 1. The molecule has 29 heavy (non-hydrogen) atoms. The number of thiocarbonyl (C=S) groups is 1. The first-order chi connectivity index (χ1) is 14.2. The van der Waals surface area contributed by atoms with Crippen LogP contribution in [0.15, 0.2) is 84.9 Å². The van der Waals surface area contributed by atoms with Crippen LogP contribution in [-0.2, 0) is 6.42 Å². The van der Waals surface area contributed by atoms with Gasteiger partial charge in [0.25, 0.3) is 0 Å². The fourth-order valence-electron chi connectivity index (χ4n) is 3.81. The van der Waals surface area contributed by atoms with Crippen molar-refractivity contribution in [1.82, 2.24) is 4.98 Å². The molecule has 0 unspecified atom stereocenters. The number of rotatable bonds is 2. The predicted molar refractivity (Wildman–Crippen MR) is 125 cm³/mol. The standard InChI is InChI=1S/C25H17ClN2S/c26-21-12-6-4-10-17(21)23-14-19(16-8-2-1-3-9-16)20-15-24(29)27-22-13-7-5-11-18(22)25(20)28-23/h1-14H,15H2,(H,27,29). The van der Waals surface area contributed by atoms with E-state index >= 15 is 0 Å². The molecule has 1 aliphatic heterocycles. The van der Waals surface area contributed by atoms with Gasteiger partial charge in [0.05, 0.1) is 16.4 Å². The van der Waals surface area contributed by atoms with Crippen LogP contribution in [0, 0.1) is 0 Å². The van der Waals surface area contributed by atoms with Crippen molar-refractivity contribution in [1.29, 1.82) is 0 Å². The average Bonchev–Trinajstić information content (AvgIpc) is 2.89. The zero-order chi connectivity index (χ0) is 19.8. The molecule has 0 saturated heterocycles. The number of nitrogens with zero attached hydrogens (tertiary/aromatic N) is 1. The molecule has 0 atom stereocenters. The molecule has 1 aromatic heterocycles. The molecule has 1 aliphatic rings. The van der Waals surface area contributed by atoms with Crippen molar-refractivity contribution in [3.05, 3.63) is 95.5 Å². The smallest absolute Gasteiger partial charge is 0.0842 e. The molecule has 0 saturated carbocycles. The van der Waals surface area contributed by atoms with Crippen LogP contribution < -0.4 is 5.32 Å². The zero-order valence-corrected chi connectivity index (χ0v) is 17.1. The summed E-state index contributed by atoms with van der Waals surface area (Å²) in [5.41, 5.74) is 8.17. The van der Waals surface area contributed by atoms with E-state index in [1.165, 1.54) is 0 Å². The van der Waals surface area contributed by atoms with Gasteiger partial charge in [0.2, 0.25) is 0 Å². The van der Waals surface area contributed by atoms with Crippen LogP contribution in [0.1, 0.15) is 5.56 Å². The average molecular weight is 413 g/mol. The first-order valence-corrected chi connectivity index (χ1v) is 10.2. The van der Waals surface area contributed by atoms with Gasteiger partial charge in [-0.05, 0) is 34.9 Å². The normalized spacial score (nSPS) is 12.5. The lowest BCUT2D eigenvalue weighted by Gasteiger charge is -2.16. The Hall–Kier alpha value is -3.01.